The van der Waals surface area contributed by atoms with Gasteiger partial charge in [-0.05, 0) is 55.3 Å². The van der Waals surface area contributed by atoms with E-state index in [-0.39, 0.29) is 12.7 Å². The molecule has 0 aromatic heterocycles. The van der Waals surface area contributed by atoms with Crippen LogP contribution in [0.2, 0.25) is 5.02 Å². The maximum absolute atomic E-state index is 12.1. The van der Waals surface area contributed by atoms with Crippen LogP contribution in [0.1, 0.15) is 12.5 Å². The molecule has 126 valence electrons. The molecule has 0 aliphatic carbocycles. The third-order valence-electron chi connectivity index (χ3n) is 3.65. The van der Waals surface area contributed by atoms with Crippen molar-refractivity contribution in [2.45, 2.75) is 19.4 Å². The molecule has 2 aromatic carbocycles. The van der Waals surface area contributed by atoms with Crippen molar-refractivity contribution in [3.63, 3.8) is 0 Å². The number of hydrogen-bond acceptors (Lipinski definition) is 4. The van der Waals surface area contributed by atoms with Crippen molar-refractivity contribution in [2.24, 2.45) is 0 Å². The van der Waals surface area contributed by atoms with Crippen LogP contribution in [-0.4, -0.2) is 25.3 Å². The zero-order valence-electron chi connectivity index (χ0n) is 13.3. The van der Waals surface area contributed by atoms with E-state index >= 15 is 0 Å². The van der Waals surface area contributed by atoms with Crippen molar-refractivity contribution < 1.29 is 19.0 Å². The first-order valence-electron chi connectivity index (χ1n) is 7.70. The summed E-state index contributed by atoms with van der Waals surface area (Å²) in [5.41, 5.74) is 1.07. The summed E-state index contributed by atoms with van der Waals surface area (Å²) in [6.07, 6.45) is 0.124. The average Bonchev–Trinajstić information content (AvgIpc) is 3.04. The van der Waals surface area contributed by atoms with E-state index in [1.807, 2.05) is 18.2 Å². The molecule has 1 N–H and O–H groups in total. The van der Waals surface area contributed by atoms with Crippen LogP contribution < -0.4 is 19.5 Å². The number of nitrogens with one attached hydrogen (secondary N) is 1. The van der Waals surface area contributed by atoms with Gasteiger partial charge in [-0.1, -0.05) is 17.7 Å². The normalized spacial score (nSPS) is 13.4. The van der Waals surface area contributed by atoms with E-state index < -0.39 is 6.10 Å². The maximum Gasteiger partial charge on any atom is 0.260 e. The molecule has 1 aliphatic heterocycles. The second kappa shape index (κ2) is 7.45. The molecule has 0 radical (unpaired) electrons. The van der Waals surface area contributed by atoms with Gasteiger partial charge in [0.25, 0.3) is 5.91 Å². The Morgan fingerprint density at radius 1 is 1.21 bits per heavy atom. The lowest BCUT2D eigenvalue weighted by Crippen LogP contribution is -2.37. The molecule has 0 saturated heterocycles. The van der Waals surface area contributed by atoms with E-state index in [2.05, 4.69) is 5.32 Å². The fourth-order valence-electron chi connectivity index (χ4n) is 2.34. The number of ether oxygens (including phenoxy) is 3. The SMILES string of the molecule is CC(Oc1ccc(Cl)cc1)C(=O)NCCc1ccc2c(c1)OCO2. The molecule has 3 rings (SSSR count). The summed E-state index contributed by atoms with van der Waals surface area (Å²) < 4.78 is 16.2. The van der Waals surface area contributed by atoms with Crippen molar-refractivity contribution in [3.8, 4) is 17.2 Å². The molecule has 1 heterocycles. The van der Waals surface area contributed by atoms with Gasteiger partial charge >= 0.3 is 0 Å². The lowest BCUT2D eigenvalue weighted by Gasteiger charge is -2.14. The summed E-state index contributed by atoms with van der Waals surface area (Å²) in [6, 6.07) is 12.7. The Kier molecular flexibility index (Phi) is 5.11. The van der Waals surface area contributed by atoms with Gasteiger partial charge in [0, 0.05) is 11.6 Å². The summed E-state index contributed by atoms with van der Waals surface area (Å²) in [5.74, 6) is 1.95. The van der Waals surface area contributed by atoms with Gasteiger partial charge in [-0.2, -0.15) is 0 Å². The van der Waals surface area contributed by atoms with E-state index in [0.29, 0.717) is 23.7 Å². The van der Waals surface area contributed by atoms with Crippen LogP contribution in [0.25, 0.3) is 0 Å². The van der Waals surface area contributed by atoms with E-state index in [1.165, 1.54) is 0 Å². The number of carbonyl (C=O) groups is 1. The fraction of sp³-hybridized carbons (Fsp3) is 0.278. The summed E-state index contributed by atoms with van der Waals surface area (Å²) in [7, 11) is 0. The molecule has 1 amide bonds. The highest BCUT2D eigenvalue weighted by atomic mass is 35.5. The topological polar surface area (TPSA) is 56.8 Å². The van der Waals surface area contributed by atoms with E-state index in [0.717, 1.165) is 17.1 Å². The van der Waals surface area contributed by atoms with Gasteiger partial charge in [-0.25, -0.2) is 0 Å². The second-order valence-electron chi connectivity index (χ2n) is 5.44. The first-order valence-corrected chi connectivity index (χ1v) is 8.08. The molecule has 2 aromatic rings. The molecule has 0 spiro atoms. The Hall–Kier alpha value is -2.40. The van der Waals surface area contributed by atoms with Crippen LogP contribution in [0.15, 0.2) is 42.5 Å². The number of fused-ring (bicyclic) bond motifs is 1. The summed E-state index contributed by atoms with van der Waals surface area (Å²) in [5, 5.41) is 3.50. The van der Waals surface area contributed by atoms with E-state index in [9.17, 15) is 4.79 Å². The highest BCUT2D eigenvalue weighted by Crippen LogP contribution is 2.32. The van der Waals surface area contributed by atoms with Gasteiger partial charge < -0.3 is 19.5 Å². The third-order valence-corrected chi connectivity index (χ3v) is 3.90. The lowest BCUT2D eigenvalue weighted by atomic mass is 10.1. The number of hydrogen-bond donors (Lipinski definition) is 1. The predicted molar refractivity (Wildman–Crippen MR) is 90.8 cm³/mol. The monoisotopic (exact) mass is 347 g/mol. The quantitative estimate of drug-likeness (QED) is 0.871. The average molecular weight is 348 g/mol. The Balaban J connectivity index is 1.45. The van der Waals surface area contributed by atoms with Crippen molar-refractivity contribution in [1.29, 1.82) is 0 Å². The van der Waals surface area contributed by atoms with Gasteiger partial charge in [0.05, 0.1) is 0 Å². The minimum Gasteiger partial charge on any atom is -0.481 e. The molecule has 24 heavy (non-hydrogen) atoms. The minimum absolute atomic E-state index is 0.161. The lowest BCUT2D eigenvalue weighted by molar-refractivity contribution is -0.127. The molecule has 1 aliphatic rings. The molecule has 0 bridgehead atoms. The van der Waals surface area contributed by atoms with E-state index in [1.54, 1.807) is 31.2 Å². The smallest absolute Gasteiger partial charge is 0.260 e. The molecular formula is C18H18ClNO4. The zero-order chi connectivity index (χ0) is 16.9. The van der Waals surface area contributed by atoms with Crippen LogP contribution in [0.3, 0.4) is 0 Å². The van der Waals surface area contributed by atoms with Gasteiger partial charge in [0.15, 0.2) is 17.6 Å². The molecule has 1 atom stereocenters. The van der Waals surface area contributed by atoms with Crippen LogP contribution in [-0.2, 0) is 11.2 Å². The zero-order valence-corrected chi connectivity index (χ0v) is 14.0. The molecule has 6 heteroatoms. The van der Waals surface area contributed by atoms with Gasteiger partial charge in [0.1, 0.15) is 5.75 Å². The number of rotatable bonds is 6. The predicted octanol–water partition coefficient (Wildman–Crippen LogP) is 3.19. The summed E-state index contributed by atoms with van der Waals surface area (Å²) >= 11 is 5.82. The largest absolute Gasteiger partial charge is 0.481 e. The number of halogens is 1. The highest BCUT2D eigenvalue weighted by molar-refractivity contribution is 6.30. The van der Waals surface area contributed by atoms with Gasteiger partial charge in [0.2, 0.25) is 6.79 Å². The molecular weight excluding hydrogens is 330 g/mol. The van der Waals surface area contributed by atoms with Crippen molar-refractivity contribution in [3.05, 3.63) is 53.1 Å². The molecule has 1 unspecified atom stereocenters. The summed E-state index contributed by atoms with van der Waals surface area (Å²) in [4.78, 5) is 12.1. The van der Waals surface area contributed by atoms with Gasteiger partial charge in [-0.3, -0.25) is 4.79 Å². The van der Waals surface area contributed by atoms with E-state index in [4.69, 9.17) is 25.8 Å². The fourth-order valence-corrected chi connectivity index (χ4v) is 2.47. The number of amides is 1. The number of carbonyl (C=O) groups excluding carboxylic acids is 1. The van der Waals surface area contributed by atoms with Gasteiger partial charge in [-0.15, -0.1) is 0 Å². The molecule has 0 saturated carbocycles. The van der Waals surface area contributed by atoms with Crippen LogP contribution in [0, 0.1) is 0 Å². The van der Waals surface area contributed by atoms with Crippen LogP contribution in [0.5, 0.6) is 17.2 Å². The van der Waals surface area contributed by atoms with Crippen LogP contribution >= 0.6 is 11.6 Å². The van der Waals surface area contributed by atoms with Crippen molar-refractivity contribution in [2.75, 3.05) is 13.3 Å². The Labute approximate surface area is 145 Å². The Bertz CT molecular complexity index is 717. The minimum atomic E-state index is -0.581. The van der Waals surface area contributed by atoms with Crippen LogP contribution in [0.4, 0.5) is 0 Å². The maximum atomic E-state index is 12.1. The summed E-state index contributed by atoms with van der Waals surface area (Å²) in [6.45, 7) is 2.49. The Morgan fingerprint density at radius 3 is 2.75 bits per heavy atom. The highest BCUT2D eigenvalue weighted by Gasteiger charge is 2.15. The Morgan fingerprint density at radius 2 is 1.96 bits per heavy atom. The standard InChI is InChI=1S/C18H18ClNO4/c1-12(24-15-5-3-14(19)4-6-15)18(21)20-9-8-13-2-7-16-17(10-13)23-11-22-16/h2-7,10,12H,8-9,11H2,1H3,(H,20,21). The molecule has 0 fully saturated rings. The molecule has 5 nitrogen and oxygen atoms in total. The van der Waals surface area contributed by atoms with Crippen molar-refractivity contribution in [1.82, 2.24) is 5.32 Å². The number of benzene rings is 2. The first kappa shape index (κ1) is 16.5. The van der Waals surface area contributed by atoms with Crippen molar-refractivity contribution >= 4 is 17.5 Å². The first-order chi connectivity index (χ1) is 11.6. The third kappa shape index (κ3) is 4.11. The second-order valence-corrected chi connectivity index (χ2v) is 5.88.